The molecule has 0 spiro atoms. The number of carbonyl (C=O) groups is 2. The van der Waals surface area contributed by atoms with Crippen molar-refractivity contribution in [3.63, 3.8) is 0 Å². The molecule has 2 heterocycles. The van der Waals surface area contributed by atoms with E-state index in [1.54, 1.807) is 11.3 Å². The third-order valence-electron chi connectivity index (χ3n) is 6.44. The fourth-order valence-electron chi connectivity index (χ4n) is 4.65. The van der Waals surface area contributed by atoms with Crippen LogP contribution in [0.15, 0.2) is 66.0 Å². The highest BCUT2D eigenvalue weighted by atomic mass is 32.1. The monoisotopic (exact) mass is 446 g/mol. The number of nitrogens with one attached hydrogen (secondary N) is 1. The van der Waals surface area contributed by atoms with Crippen LogP contribution in [0.1, 0.15) is 40.6 Å². The van der Waals surface area contributed by atoms with Crippen LogP contribution in [0.2, 0.25) is 0 Å². The van der Waals surface area contributed by atoms with Gasteiger partial charge in [0.15, 0.2) is 0 Å². The summed E-state index contributed by atoms with van der Waals surface area (Å²) in [6.45, 7) is 5.78. The molecule has 0 saturated carbocycles. The minimum Gasteiger partial charge on any atom is -0.356 e. The molecule has 3 aromatic rings. The number of hydrogen-bond donors (Lipinski definition) is 1. The third kappa shape index (κ3) is 4.63. The zero-order chi connectivity index (χ0) is 22.6. The number of hydrogen-bond acceptors (Lipinski definition) is 3. The number of thiophene rings is 1. The van der Waals surface area contributed by atoms with E-state index in [2.05, 4.69) is 35.6 Å². The second-order valence-electron chi connectivity index (χ2n) is 8.58. The Morgan fingerprint density at radius 3 is 2.38 bits per heavy atom. The van der Waals surface area contributed by atoms with Gasteiger partial charge in [0.2, 0.25) is 5.91 Å². The first-order valence-electron chi connectivity index (χ1n) is 11.3. The molecule has 1 aromatic heterocycles. The van der Waals surface area contributed by atoms with Crippen molar-refractivity contribution >= 4 is 23.2 Å². The predicted molar refractivity (Wildman–Crippen MR) is 131 cm³/mol. The van der Waals surface area contributed by atoms with Gasteiger partial charge >= 0.3 is 0 Å². The Balaban J connectivity index is 1.58. The van der Waals surface area contributed by atoms with E-state index in [1.807, 2.05) is 54.5 Å². The maximum atomic E-state index is 13.3. The van der Waals surface area contributed by atoms with Gasteiger partial charge in [0.1, 0.15) is 0 Å². The number of rotatable bonds is 6. The van der Waals surface area contributed by atoms with E-state index in [0.29, 0.717) is 38.9 Å². The normalized spacial score (nSPS) is 15.4. The number of likely N-dealkylation sites (tertiary alicyclic amines) is 1. The lowest BCUT2D eigenvalue weighted by Gasteiger charge is -2.41. The fraction of sp³-hybridized carbons (Fsp3) is 0.333. The fourth-order valence-corrected chi connectivity index (χ4v) is 5.32. The van der Waals surface area contributed by atoms with E-state index < -0.39 is 5.41 Å². The van der Waals surface area contributed by atoms with Crippen molar-refractivity contribution in [3.8, 4) is 11.1 Å². The van der Waals surface area contributed by atoms with Crippen molar-refractivity contribution in [2.75, 3.05) is 19.6 Å². The van der Waals surface area contributed by atoms with Crippen LogP contribution in [0.25, 0.3) is 11.1 Å². The van der Waals surface area contributed by atoms with Crippen molar-refractivity contribution in [1.82, 2.24) is 10.2 Å². The number of amides is 2. The first-order chi connectivity index (χ1) is 15.5. The number of benzene rings is 2. The van der Waals surface area contributed by atoms with E-state index >= 15 is 0 Å². The van der Waals surface area contributed by atoms with Gasteiger partial charge in [-0.25, -0.2) is 0 Å². The highest BCUT2D eigenvalue weighted by Gasteiger charge is 2.42. The molecule has 5 heteroatoms. The van der Waals surface area contributed by atoms with E-state index in [4.69, 9.17) is 0 Å². The molecule has 1 fully saturated rings. The largest absolute Gasteiger partial charge is 0.356 e. The first-order valence-corrected chi connectivity index (χ1v) is 12.2. The molecule has 4 nitrogen and oxygen atoms in total. The molecule has 2 aromatic carbocycles. The topological polar surface area (TPSA) is 49.4 Å². The standard InChI is InChI=1S/C27H30N2O2S/c1-3-28-26(31)27(13-15-29(16-14-27)25(30)23-17-20(2)32-19-23)18-22-11-7-8-12-24(22)21-9-5-4-6-10-21/h4-12,17,19H,3,13-16,18H2,1-2H3,(H,28,31). The second kappa shape index (κ2) is 9.70. The lowest BCUT2D eigenvalue weighted by molar-refractivity contribution is -0.133. The van der Waals surface area contributed by atoms with Gasteiger partial charge in [-0.1, -0.05) is 54.6 Å². The summed E-state index contributed by atoms with van der Waals surface area (Å²) in [7, 11) is 0. The summed E-state index contributed by atoms with van der Waals surface area (Å²) < 4.78 is 0. The quantitative estimate of drug-likeness (QED) is 0.557. The highest BCUT2D eigenvalue weighted by molar-refractivity contribution is 7.10. The van der Waals surface area contributed by atoms with E-state index in [1.165, 1.54) is 11.1 Å². The van der Waals surface area contributed by atoms with Crippen LogP contribution in [0.5, 0.6) is 0 Å². The summed E-state index contributed by atoms with van der Waals surface area (Å²) in [6, 6.07) is 20.6. The Kier molecular flexibility index (Phi) is 6.75. The summed E-state index contributed by atoms with van der Waals surface area (Å²) in [4.78, 5) is 29.3. The van der Waals surface area contributed by atoms with Gasteiger partial charge in [0, 0.05) is 29.9 Å². The highest BCUT2D eigenvalue weighted by Crippen LogP contribution is 2.38. The van der Waals surface area contributed by atoms with Crippen LogP contribution in [0, 0.1) is 12.3 Å². The summed E-state index contributed by atoms with van der Waals surface area (Å²) in [6.07, 6.45) is 2.00. The third-order valence-corrected chi connectivity index (χ3v) is 7.30. The maximum Gasteiger partial charge on any atom is 0.254 e. The Morgan fingerprint density at radius 2 is 1.72 bits per heavy atom. The van der Waals surface area contributed by atoms with Gasteiger partial charge in [0.25, 0.3) is 5.91 Å². The number of piperidine rings is 1. The molecule has 4 rings (SSSR count). The van der Waals surface area contributed by atoms with Crippen molar-refractivity contribution in [1.29, 1.82) is 0 Å². The zero-order valence-corrected chi connectivity index (χ0v) is 19.6. The zero-order valence-electron chi connectivity index (χ0n) is 18.8. The Morgan fingerprint density at radius 1 is 1.03 bits per heavy atom. The van der Waals surface area contributed by atoms with Crippen molar-refractivity contribution in [2.24, 2.45) is 5.41 Å². The van der Waals surface area contributed by atoms with Gasteiger partial charge in [0.05, 0.1) is 11.0 Å². The lowest BCUT2D eigenvalue weighted by Crippen LogP contribution is -2.51. The molecule has 0 bridgehead atoms. The summed E-state index contributed by atoms with van der Waals surface area (Å²) in [5.74, 6) is 0.171. The van der Waals surface area contributed by atoms with Gasteiger partial charge in [-0.15, -0.1) is 11.3 Å². The van der Waals surface area contributed by atoms with Gasteiger partial charge in [-0.05, 0) is 55.9 Å². The molecular weight excluding hydrogens is 416 g/mol. The van der Waals surface area contributed by atoms with E-state index in [9.17, 15) is 9.59 Å². The van der Waals surface area contributed by atoms with Crippen LogP contribution < -0.4 is 5.32 Å². The number of aryl methyl sites for hydroxylation is 1. The molecule has 32 heavy (non-hydrogen) atoms. The van der Waals surface area contributed by atoms with Crippen molar-refractivity contribution < 1.29 is 9.59 Å². The number of nitrogens with zero attached hydrogens (tertiary/aromatic N) is 1. The molecule has 1 aliphatic rings. The van der Waals surface area contributed by atoms with Gasteiger partial charge in [-0.3, -0.25) is 9.59 Å². The predicted octanol–water partition coefficient (Wildman–Crippen LogP) is 5.32. The molecule has 0 radical (unpaired) electrons. The summed E-state index contributed by atoms with van der Waals surface area (Å²) in [5.41, 5.74) is 3.76. The van der Waals surface area contributed by atoms with Gasteiger partial charge < -0.3 is 10.2 Å². The lowest BCUT2D eigenvalue weighted by atomic mass is 9.72. The van der Waals surface area contributed by atoms with Crippen molar-refractivity contribution in [3.05, 3.63) is 82.0 Å². The smallest absolute Gasteiger partial charge is 0.254 e. The SMILES string of the molecule is CCNC(=O)C1(Cc2ccccc2-c2ccccc2)CCN(C(=O)c2csc(C)c2)CC1. The average Bonchev–Trinajstić information content (AvgIpc) is 3.26. The minimum absolute atomic E-state index is 0.0727. The average molecular weight is 447 g/mol. The Labute approximate surface area is 194 Å². The second-order valence-corrected chi connectivity index (χ2v) is 9.69. The minimum atomic E-state index is -0.512. The van der Waals surface area contributed by atoms with Gasteiger partial charge in [-0.2, -0.15) is 0 Å². The van der Waals surface area contributed by atoms with E-state index in [-0.39, 0.29) is 11.8 Å². The molecule has 1 saturated heterocycles. The molecular formula is C27H30N2O2S. The Hall–Kier alpha value is -2.92. The molecule has 0 unspecified atom stereocenters. The van der Waals surface area contributed by atoms with E-state index in [0.717, 1.165) is 16.0 Å². The molecule has 1 N–H and O–H groups in total. The molecule has 0 atom stereocenters. The Bertz CT molecular complexity index is 1080. The summed E-state index contributed by atoms with van der Waals surface area (Å²) >= 11 is 1.60. The van der Waals surface area contributed by atoms with Crippen LogP contribution in [0.4, 0.5) is 0 Å². The van der Waals surface area contributed by atoms with Crippen LogP contribution in [0.3, 0.4) is 0 Å². The van der Waals surface area contributed by atoms with Crippen LogP contribution in [-0.4, -0.2) is 36.3 Å². The molecule has 2 amide bonds. The van der Waals surface area contributed by atoms with Crippen LogP contribution in [-0.2, 0) is 11.2 Å². The molecule has 166 valence electrons. The molecule has 0 aliphatic carbocycles. The summed E-state index contributed by atoms with van der Waals surface area (Å²) in [5, 5.41) is 5.00. The number of carbonyl (C=O) groups excluding carboxylic acids is 2. The van der Waals surface area contributed by atoms with Crippen LogP contribution >= 0.6 is 11.3 Å². The maximum absolute atomic E-state index is 13.3. The first kappa shape index (κ1) is 22.3. The van der Waals surface area contributed by atoms with Crippen molar-refractivity contribution in [2.45, 2.75) is 33.1 Å². The molecule has 1 aliphatic heterocycles.